The van der Waals surface area contributed by atoms with Gasteiger partial charge in [-0.05, 0) is 44.5 Å². The highest BCUT2D eigenvalue weighted by Gasteiger charge is 2.23. The number of aryl methyl sites for hydroxylation is 2. The van der Waals surface area contributed by atoms with Gasteiger partial charge in [0.25, 0.3) is 0 Å². The first kappa shape index (κ1) is 24.1. The molecule has 0 fully saturated rings. The Hall–Kier alpha value is -2.56. The molecule has 3 rings (SSSR count). The first-order valence-corrected chi connectivity index (χ1v) is 12.7. The van der Waals surface area contributed by atoms with Gasteiger partial charge in [0.05, 0.1) is 18.1 Å². The first-order chi connectivity index (χ1) is 15.4. The number of benzene rings is 1. The van der Waals surface area contributed by atoms with Gasteiger partial charge >= 0.3 is 0 Å². The van der Waals surface area contributed by atoms with E-state index in [0.29, 0.717) is 36.6 Å². The lowest BCUT2D eigenvalue weighted by Gasteiger charge is -2.19. The summed E-state index contributed by atoms with van der Waals surface area (Å²) in [7, 11) is -1.61. The number of nitrogens with one attached hydrogen (secondary N) is 2. The summed E-state index contributed by atoms with van der Waals surface area (Å²) < 4.78 is 30.4. The van der Waals surface area contributed by atoms with Crippen molar-refractivity contribution in [3.8, 4) is 11.5 Å². The number of rotatable bonds is 13. The molecular weight excluding hydrogens is 426 g/mol. The lowest BCUT2D eigenvalue weighted by atomic mass is 10.1. The van der Waals surface area contributed by atoms with Crippen molar-refractivity contribution in [1.82, 2.24) is 34.4 Å². The smallest absolute Gasteiger partial charge is 0.212 e. The Kier molecular flexibility index (Phi) is 8.54. The second-order valence-corrected chi connectivity index (χ2v) is 9.74. The summed E-state index contributed by atoms with van der Waals surface area (Å²) >= 11 is 0. The second-order valence-electron chi connectivity index (χ2n) is 7.86. The molecule has 0 aliphatic rings. The van der Waals surface area contributed by atoms with E-state index in [2.05, 4.69) is 43.6 Å². The summed E-state index contributed by atoms with van der Waals surface area (Å²) in [6, 6.07) is 9.50. The number of aromatic amines is 1. The lowest BCUT2D eigenvalue weighted by molar-refractivity contribution is 0.304. The third kappa shape index (κ3) is 6.98. The van der Waals surface area contributed by atoms with Crippen molar-refractivity contribution in [3.63, 3.8) is 0 Å². The van der Waals surface area contributed by atoms with Crippen LogP contribution in [0.2, 0.25) is 0 Å². The molecule has 1 aromatic carbocycles. The van der Waals surface area contributed by atoms with Crippen LogP contribution in [0.4, 0.5) is 0 Å². The summed E-state index contributed by atoms with van der Waals surface area (Å²) in [4.78, 5) is 11.0. The standard InChI is InChI=1S/C22H33N7O2S/c1-4-29(5-2)14-9-15-32(30,31)27-19(13-12-18-10-7-6-8-11-18)21-24-22(26-25-21)20-16-28(3)17-23-20/h6-8,10-11,16-17,19,27H,4-5,9,12-15H2,1-3H3,(H,24,25,26)/t19-/m1/s1. The van der Waals surface area contributed by atoms with E-state index in [1.807, 2.05) is 48.1 Å². The minimum Gasteiger partial charge on any atom is -0.340 e. The van der Waals surface area contributed by atoms with E-state index in [1.54, 1.807) is 6.33 Å². The predicted molar refractivity (Wildman–Crippen MR) is 125 cm³/mol. The fourth-order valence-electron chi connectivity index (χ4n) is 3.57. The normalized spacial score (nSPS) is 13.0. The number of H-pyrrole nitrogens is 1. The fourth-order valence-corrected chi connectivity index (χ4v) is 4.86. The van der Waals surface area contributed by atoms with E-state index in [0.717, 1.165) is 25.2 Å². The molecule has 1 atom stereocenters. The largest absolute Gasteiger partial charge is 0.340 e. The van der Waals surface area contributed by atoms with Crippen molar-refractivity contribution in [3.05, 3.63) is 54.2 Å². The zero-order chi connectivity index (χ0) is 23.0. The van der Waals surface area contributed by atoms with Crippen LogP contribution >= 0.6 is 0 Å². The molecule has 174 valence electrons. The van der Waals surface area contributed by atoms with Gasteiger partial charge in [-0.2, -0.15) is 5.10 Å². The molecule has 32 heavy (non-hydrogen) atoms. The molecule has 10 heteroatoms. The van der Waals surface area contributed by atoms with E-state index >= 15 is 0 Å². The molecule has 0 unspecified atom stereocenters. The highest BCUT2D eigenvalue weighted by Crippen LogP contribution is 2.20. The number of hydrogen-bond acceptors (Lipinski definition) is 6. The van der Waals surface area contributed by atoms with Crippen molar-refractivity contribution in [1.29, 1.82) is 0 Å². The van der Waals surface area contributed by atoms with Crippen molar-refractivity contribution in [2.45, 2.75) is 39.2 Å². The summed E-state index contributed by atoms with van der Waals surface area (Å²) in [6.45, 7) is 6.75. The molecule has 0 aliphatic heterocycles. The van der Waals surface area contributed by atoms with Crippen LogP contribution < -0.4 is 4.72 Å². The van der Waals surface area contributed by atoms with Crippen LogP contribution in [-0.4, -0.2) is 63.4 Å². The van der Waals surface area contributed by atoms with Crippen molar-refractivity contribution in [2.75, 3.05) is 25.4 Å². The van der Waals surface area contributed by atoms with E-state index in [9.17, 15) is 8.42 Å². The fraction of sp³-hybridized carbons (Fsp3) is 0.500. The van der Waals surface area contributed by atoms with E-state index in [4.69, 9.17) is 0 Å². The van der Waals surface area contributed by atoms with Gasteiger partial charge in [0, 0.05) is 13.2 Å². The van der Waals surface area contributed by atoms with Gasteiger partial charge in [-0.3, -0.25) is 5.10 Å². The monoisotopic (exact) mass is 459 g/mol. The molecule has 0 radical (unpaired) electrons. The Labute approximate surface area is 190 Å². The minimum absolute atomic E-state index is 0.0760. The van der Waals surface area contributed by atoms with Gasteiger partial charge in [0.2, 0.25) is 15.8 Å². The molecule has 0 saturated heterocycles. The summed E-state index contributed by atoms with van der Waals surface area (Å²) in [5, 5.41) is 7.18. The Bertz CT molecular complexity index is 1060. The highest BCUT2D eigenvalue weighted by molar-refractivity contribution is 7.89. The van der Waals surface area contributed by atoms with Gasteiger partial charge in [-0.15, -0.1) is 0 Å². The topological polar surface area (TPSA) is 109 Å². The Morgan fingerprint density at radius 1 is 1.19 bits per heavy atom. The quantitative estimate of drug-likeness (QED) is 0.407. The van der Waals surface area contributed by atoms with E-state index in [-0.39, 0.29) is 5.75 Å². The number of sulfonamides is 1. The van der Waals surface area contributed by atoms with Crippen LogP contribution in [0.25, 0.3) is 11.5 Å². The zero-order valence-electron chi connectivity index (χ0n) is 19.0. The molecule has 0 saturated carbocycles. The predicted octanol–water partition coefficient (Wildman–Crippen LogP) is 2.53. The second kappa shape index (κ2) is 11.3. The highest BCUT2D eigenvalue weighted by atomic mass is 32.2. The van der Waals surface area contributed by atoms with E-state index < -0.39 is 16.1 Å². The summed E-state index contributed by atoms with van der Waals surface area (Å²) in [5.41, 5.74) is 1.78. The number of nitrogens with zero attached hydrogens (tertiary/aromatic N) is 5. The van der Waals surface area contributed by atoms with Gasteiger partial charge in [0.15, 0.2) is 0 Å². The molecule has 2 aromatic heterocycles. The number of aromatic nitrogens is 5. The van der Waals surface area contributed by atoms with Gasteiger partial charge in [-0.1, -0.05) is 44.2 Å². The van der Waals surface area contributed by atoms with Crippen molar-refractivity contribution in [2.24, 2.45) is 7.05 Å². The van der Waals surface area contributed by atoms with Crippen LogP contribution in [0.3, 0.4) is 0 Å². The zero-order valence-corrected chi connectivity index (χ0v) is 19.8. The number of hydrogen-bond donors (Lipinski definition) is 2. The average Bonchev–Trinajstić information content (AvgIpc) is 3.44. The summed E-state index contributed by atoms with van der Waals surface area (Å²) in [6.07, 6.45) is 5.36. The molecule has 3 aromatic rings. The van der Waals surface area contributed by atoms with Crippen LogP contribution in [0.5, 0.6) is 0 Å². The molecule has 0 aliphatic carbocycles. The molecule has 0 amide bonds. The molecular formula is C22H33N7O2S. The maximum absolute atomic E-state index is 12.9. The minimum atomic E-state index is -3.48. The van der Waals surface area contributed by atoms with Gasteiger partial charge in [-0.25, -0.2) is 23.1 Å². The molecule has 0 spiro atoms. The molecule has 2 N–H and O–H groups in total. The Morgan fingerprint density at radius 3 is 2.59 bits per heavy atom. The van der Waals surface area contributed by atoms with Crippen LogP contribution in [0.15, 0.2) is 42.9 Å². The molecule has 2 heterocycles. The Balaban J connectivity index is 1.72. The summed E-state index contributed by atoms with van der Waals surface area (Å²) in [5.74, 6) is 1.02. The van der Waals surface area contributed by atoms with Crippen LogP contribution in [-0.2, 0) is 23.5 Å². The van der Waals surface area contributed by atoms with Gasteiger partial charge in [0.1, 0.15) is 11.5 Å². The van der Waals surface area contributed by atoms with Gasteiger partial charge < -0.3 is 9.47 Å². The SMILES string of the molecule is CCN(CC)CCCS(=O)(=O)N[C@H](CCc1ccccc1)c1nc(-c2cn(C)cn2)n[nH]1. The third-order valence-corrected chi connectivity index (χ3v) is 6.90. The maximum Gasteiger partial charge on any atom is 0.212 e. The van der Waals surface area contributed by atoms with Crippen molar-refractivity contribution >= 4 is 10.0 Å². The van der Waals surface area contributed by atoms with E-state index in [1.165, 1.54) is 0 Å². The maximum atomic E-state index is 12.9. The average molecular weight is 460 g/mol. The number of imidazole rings is 1. The van der Waals surface area contributed by atoms with Crippen LogP contribution in [0.1, 0.15) is 44.1 Å². The van der Waals surface area contributed by atoms with Crippen molar-refractivity contribution < 1.29 is 8.42 Å². The Morgan fingerprint density at radius 2 is 1.94 bits per heavy atom. The first-order valence-electron chi connectivity index (χ1n) is 11.1. The van der Waals surface area contributed by atoms with Crippen LogP contribution in [0, 0.1) is 0 Å². The lowest BCUT2D eigenvalue weighted by Crippen LogP contribution is -2.33. The molecule has 0 bridgehead atoms. The third-order valence-electron chi connectivity index (χ3n) is 5.43. The molecule has 9 nitrogen and oxygen atoms in total.